The van der Waals surface area contributed by atoms with Crippen molar-refractivity contribution in [2.75, 3.05) is 20.3 Å². The van der Waals surface area contributed by atoms with Gasteiger partial charge in [-0.15, -0.1) is 11.3 Å². The smallest absolute Gasteiger partial charge is 0.125 e. The van der Waals surface area contributed by atoms with E-state index in [0.717, 1.165) is 43.2 Å². The molecule has 0 aromatic carbocycles. The van der Waals surface area contributed by atoms with Crippen molar-refractivity contribution in [2.24, 2.45) is 5.73 Å². The minimum Gasteiger partial charge on any atom is -0.381 e. The van der Waals surface area contributed by atoms with Gasteiger partial charge in [-0.3, -0.25) is 0 Å². The van der Waals surface area contributed by atoms with E-state index in [4.69, 9.17) is 20.2 Å². The summed E-state index contributed by atoms with van der Waals surface area (Å²) in [7, 11) is 1.76. The standard InChI is InChI=1S/C12H20N2O2S/c1-3-9-10(8-13)17-11(14-9)12(15-2)4-6-16-7-5-12/h3-8,13H2,1-2H3. The van der Waals surface area contributed by atoms with Crippen molar-refractivity contribution in [2.45, 2.75) is 38.3 Å². The summed E-state index contributed by atoms with van der Waals surface area (Å²) in [6.07, 6.45) is 2.69. The van der Waals surface area contributed by atoms with Crippen LogP contribution >= 0.6 is 11.3 Å². The Morgan fingerprint density at radius 3 is 2.65 bits per heavy atom. The third kappa shape index (κ3) is 2.38. The Labute approximate surface area is 106 Å². The van der Waals surface area contributed by atoms with Crippen LogP contribution < -0.4 is 5.73 Å². The Bertz CT molecular complexity index is 351. The van der Waals surface area contributed by atoms with Gasteiger partial charge >= 0.3 is 0 Å². The van der Waals surface area contributed by atoms with Crippen molar-refractivity contribution in [1.29, 1.82) is 0 Å². The van der Waals surface area contributed by atoms with Gasteiger partial charge in [0, 0.05) is 44.6 Å². The van der Waals surface area contributed by atoms with E-state index in [-0.39, 0.29) is 5.60 Å². The van der Waals surface area contributed by atoms with Crippen LogP contribution in [0.15, 0.2) is 0 Å². The van der Waals surface area contributed by atoms with Gasteiger partial charge in [-0.25, -0.2) is 4.98 Å². The summed E-state index contributed by atoms with van der Waals surface area (Å²) in [6, 6.07) is 0. The Morgan fingerprint density at radius 1 is 1.47 bits per heavy atom. The molecule has 5 heteroatoms. The second kappa shape index (κ2) is 5.44. The zero-order valence-corrected chi connectivity index (χ0v) is 11.3. The molecule has 1 aliphatic heterocycles. The highest BCUT2D eigenvalue weighted by molar-refractivity contribution is 7.11. The van der Waals surface area contributed by atoms with Crippen LogP contribution in [0.1, 0.15) is 35.3 Å². The maximum atomic E-state index is 5.76. The molecule has 1 aliphatic rings. The van der Waals surface area contributed by atoms with E-state index in [1.54, 1.807) is 18.4 Å². The Balaban J connectivity index is 2.33. The number of thiazole rings is 1. The van der Waals surface area contributed by atoms with Crippen LogP contribution in [-0.2, 0) is 28.0 Å². The zero-order valence-electron chi connectivity index (χ0n) is 10.5. The molecule has 17 heavy (non-hydrogen) atoms. The maximum absolute atomic E-state index is 5.76. The van der Waals surface area contributed by atoms with E-state index >= 15 is 0 Å². The molecule has 1 saturated heterocycles. The summed E-state index contributed by atoms with van der Waals surface area (Å²) < 4.78 is 11.2. The van der Waals surface area contributed by atoms with Gasteiger partial charge in [0.15, 0.2) is 0 Å². The molecule has 1 aromatic heterocycles. The normalized spacial score (nSPS) is 19.5. The van der Waals surface area contributed by atoms with E-state index in [0.29, 0.717) is 6.54 Å². The quantitative estimate of drug-likeness (QED) is 0.892. The average molecular weight is 256 g/mol. The number of aromatic nitrogens is 1. The number of aryl methyl sites for hydroxylation is 1. The van der Waals surface area contributed by atoms with Crippen LogP contribution in [0.5, 0.6) is 0 Å². The molecule has 0 spiro atoms. The molecular weight excluding hydrogens is 236 g/mol. The van der Waals surface area contributed by atoms with Crippen molar-refractivity contribution in [1.82, 2.24) is 4.98 Å². The molecule has 0 bridgehead atoms. The first kappa shape index (κ1) is 13.0. The van der Waals surface area contributed by atoms with Gasteiger partial charge in [0.05, 0.1) is 5.69 Å². The highest BCUT2D eigenvalue weighted by Crippen LogP contribution is 2.38. The fraction of sp³-hybridized carbons (Fsp3) is 0.750. The highest BCUT2D eigenvalue weighted by atomic mass is 32.1. The van der Waals surface area contributed by atoms with Gasteiger partial charge in [0.2, 0.25) is 0 Å². The first-order valence-electron chi connectivity index (χ1n) is 6.07. The van der Waals surface area contributed by atoms with Crippen molar-refractivity contribution < 1.29 is 9.47 Å². The number of ether oxygens (including phenoxy) is 2. The predicted molar refractivity (Wildman–Crippen MR) is 68.1 cm³/mol. The lowest BCUT2D eigenvalue weighted by molar-refractivity contribution is -0.0948. The Kier molecular flexibility index (Phi) is 4.14. The van der Waals surface area contributed by atoms with Gasteiger partial charge in [-0.1, -0.05) is 6.92 Å². The largest absolute Gasteiger partial charge is 0.381 e. The molecule has 2 heterocycles. The molecule has 2 N–H and O–H groups in total. The lowest BCUT2D eigenvalue weighted by atomic mass is 9.95. The summed E-state index contributed by atoms with van der Waals surface area (Å²) >= 11 is 1.70. The second-order valence-corrected chi connectivity index (χ2v) is 5.34. The van der Waals surface area contributed by atoms with Crippen molar-refractivity contribution in [3.63, 3.8) is 0 Å². The second-order valence-electron chi connectivity index (χ2n) is 4.26. The third-order valence-electron chi connectivity index (χ3n) is 3.38. The number of hydrogen-bond donors (Lipinski definition) is 1. The molecular formula is C12H20N2O2S. The number of methoxy groups -OCH3 is 1. The van der Waals surface area contributed by atoms with Gasteiger partial charge < -0.3 is 15.2 Å². The molecule has 0 saturated carbocycles. The minimum atomic E-state index is -0.250. The molecule has 0 atom stereocenters. The SMILES string of the molecule is CCc1nc(C2(OC)CCOCC2)sc1CN. The lowest BCUT2D eigenvalue weighted by Crippen LogP contribution is -2.35. The Morgan fingerprint density at radius 2 is 2.18 bits per heavy atom. The summed E-state index contributed by atoms with van der Waals surface area (Å²) in [6.45, 7) is 4.16. The number of nitrogens with two attached hydrogens (primary N) is 1. The summed E-state index contributed by atoms with van der Waals surface area (Å²) in [5.74, 6) is 0. The highest BCUT2D eigenvalue weighted by Gasteiger charge is 2.37. The fourth-order valence-electron chi connectivity index (χ4n) is 2.22. The third-order valence-corrected chi connectivity index (χ3v) is 4.68. The van der Waals surface area contributed by atoms with Crippen molar-refractivity contribution in [3.8, 4) is 0 Å². The summed E-state index contributed by atoms with van der Waals surface area (Å²) in [4.78, 5) is 5.91. The Hall–Kier alpha value is -0.490. The first-order valence-corrected chi connectivity index (χ1v) is 6.89. The summed E-state index contributed by atoms with van der Waals surface area (Å²) in [5.41, 5.74) is 6.63. The minimum absolute atomic E-state index is 0.250. The van der Waals surface area contributed by atoms with E-state index in [9.17, 15) is 0 Å². The molecule has 96 valence electrons. The molecule has 1 aromatic rings. The number of nitrogens with zero attached hydrogens (tertiary/aromatic N) is 1. The molecule has 0 radical (unpaired) electrons. The molecule has 0 unspecified atom stereocenters. The average Bonchev–Trinajstić information content (AvgIpc) is 2.83. The van der Waals surface area contributed by atoms with Crippen molar-refractivity contribution >= 4 is 11.3 Å². The van der Waals surface area contributed by atoms with Crippen LogP contribution in [-0.4, -0.2) is 25.3 Å². The van der Waals surface area contributed by atoms with Gasteiger partial charge in [0.25, 0.3) is 0 Å². The van der Waals surface area contributed by atoms with Crippen LogP contribution in [0.25, 0.3) is 0 Å². The molecule has 4 nitrogen and oxygen atoms in total. The molecule has 0 amide bonds. The van der Waals surface area contributed by atoms with Gasteiger partial charge in [-0.2, -0.15) is 0 Å². The molecule has 0 aliphatic carbocycles. The molecule has 2 rings (SSSR count). The van der Waals surface area contributed by atoms with E-state index in [1.807, 2.05) is 0 Å². The van der Waals surface area contributed by atoms with Crippen LogP contribution in [0.3, 0.4) is 0 Å². The van der Waals surface area contributed by atoms with Gasteiger partial charge in [0.1, 0.15) is 10.6 Å². The molecule has 1 fully saturated rings. The van der Waals surface area contributed by atoms with Crippen molar-refractivity contribution in [3.05, 3.63) is 15.6 Å². The van der Waals surface area contributed by atoms with Gasteiger partial charge in [-0.05, 0) is 6.42 Å². The zero-order chi connectivity index (χ0) is 12.3. The van der Waals surface area contributed by atoms with E-state index < -0.39 is 0 Å². The van der Waals surface area contributed by atoms with Crippen LogP contribution in [0.2, 0.25) is 0 Å². The number of hydrogen-bond acceptors (Lipinski definition) is 5. The lowest BCUT2D eigenvalue weighted by Gasteiger charge is -2.33. The fourth-order valence-corrected chi connectivity index (χ4v) is 3.47. The van der Waals surface area contributed by atoms with Crippen LogP contribution in [0.4, 0.5) is 0 Å². The van der Waals surface area contributed by atoms with E-state index in [2.05, 4.69) is 6.92 Å². The monoisotopic (exact) mass is 256 g/mol. The first-order chi connectivity index (χ1) is 8.25. The predicted octanol–water partition coefficient (Wildman–Crippen LogP) is 1.82. The van der Waals surface area contributed by atoms with E-state index in [1.165, 1.54) is 4.88 Å². The summed E-state index contributed by atoms with van der Waals surface area (Å²) in [5, 5.41) is 1.07. The van der Waals surface area contributed by atoms with Crippen LogP contribution in [0, 0.1) is 0 Å². The maximum Gasteiger partial charge on any atom is 0.125 e. The number of rotatable bonds is 4. The topological polar surface area (TPSA) is 57.4 Å².